The van der Waals surface area contributed by atoms with Crippen molar-refractivity contribution in [2.75, 3.05) is 0 Å². The average molecular weight is 681 g/mol. The van der Waals surface area contributed by atoms with Gasteiger partial charge >= 0.3 is 0 Å². The number of fused-ring (bicyclic) bond motifs is 3. The summed E-state index contributed by atoms with van der Waals surface area (Å²) in [6, 6.07) is 63.3. The Balaban J connectivity index is 1.28. The Morgan fingerprint density at radius 3 is 1.32 bits per heavy atom. The van der Waals surface area contributed by atoms with Gasteiger partial charge in [-0.3, -0.25) is 4.98 Å². The van der Waals surface area contributed by atoms with Gasteiger partial charge in [-0.05, 0) is 42.5 Å². The maximum absolute atomic E-state index is 5.31. The lowest BCUT2D eigenvalue weighted by atomic mass is 10.1. The second-order valence-corrected chi connectivity index (χ2v) is 13.1. The SMILES string of the molecule is c1ccc(-c2cc(-c3ccccc3)n(-c3cc(-n4nc(-c5ccccc5)cc4-c4ccccc4)cc(-n4c5ccccc5c5ccncc54)c3)n2)cc1. The predicted molar refractivity (Wildman–Crippen MR) is 215 cm³/mol. The van der Waals surface area contributed by atoms with Crippen LogP contribution in [0, 0.1) is 0 Å². The zero-order valence-corrected chi connectivity index (χ0v) is 28.7. The summed E-state index contributed by atoms with van der Waals surface area (Å²) in [5.74, 6) is 0. The number of para-hydroxylation sites is 1. The molecule has 0 atom stereocenters. The first-order chi connectivity index (χ1) is 26.3. The predicted octanol–water partition coefficient (Wildman–Crippen LogP) is 11.2. The molecule has 250 valence electrons. The van der Waals surface area contributed by atoms with Crippen molar-refractivity contribution in [1.82, 2.24) is 29.1 Å². The van der Waals surface area contributed by atoms with Crippen molar-refractivity contribution in [2.45, 2.75) is 0 Å². The van der Waals surface area contributed by atoms with Crippen molar-refractivity contribution in [3.8, 4) is 62.1 Å². The molecule has 0 N–H and O–H groups in total. The van der Waals surface area contributed by atoms with Gasteiger partial charge in [0.15, 0.2) is 0 Å². The van der Waals surface area contributed by atoms with Crippen LogP contribution in [0.2, 0.25) is 0 Å². The van der Waals surface area contributed by atoms with Crippen LogP contribution >= 0.6 is 0 Å². The molecular formula is C47H32N6. The number of benzene rings is 6. The fourth-order valence-corrected chi connectivity index (χ4v) is 7.33. The van der Waals surface area contributed by atoms with E-state index in [1.807, 2.05) is 36.7 Å². The quantitative estimate of drug-likeness (QED) is 0.168. The number of hydrogen-bond acceptors (Lipinski definition) is 3. The molecule has 0 unspecified atom stereocenters. The Hall–Kier alpha value is -7.31. The van der Waals surface area contributed by atoms with Gasteiger partial charge in [0, 0.05) is 39.2 Å². The lowest BCUT2D eigenvalue weighted by Crippen LogP contribution is -2.06. The van der Waals surface area contributed by atoms with Crippen molar-refractivity contribution >= 4 is 21.8 Å². The Morgan fingerprint density at radius 2 is 0.792 bits per heavy atom. The monoisotopic (exact) mass is 680 g/mol. The van der Waals surface area contributed by atoms with Crippen molar-refractivity contribution < 1.29 is 0 Å². The van der Waals surface area contributed by atoms with Crippen LogP contribution in [0.3, 0.4) is 0 Å². The van der Waals surface area contributed by atoms with Crippen molar-refractivity contribution in [3.05, 3.63) is 194 Å². The standard InChI is InChI=1S/C47H32N6/c1-5-15-33(16-6-1)42-30-45(35-19-9-3-10-20-35)52(49-42)38-27-37(51-44-24-14-13-23-40(44)41-25-26-48-32-47(41)51)28-39(29-38)53-46(36-21-11-4-12-22-36)31-43(50-53)34-17-7-2-8-18-34/h1-32H. The molecular weight excluding hydrogens is 649 g/mol. The third-order valence-corrected chi connectivity index (χ3v) is 9.81. The summed E-state index contributed by atoms with van der Waals surface area (Å²) in [7, 11) is 0. The van der Waals surface area contributed by atoms with Gasteiger partial charge in [-0.15, -0.1) is 0 Å². The summed E-state index contributed by atoms with van der Waals surface area (Å²) >= 11 is 0. The molecule has 0 fully saturated rings. The molecule has 0 radical (unpaired) electrons. The summed E-state index contributed by atoms with van der Waals surface area (Å²) < 4.78 is 6.44. The van der Waals surface area contributed by atoms with Gasteiger partial charge in [0.2, 0.25) is 0 Å². The number of nitrogens with zero attached hydrogens (tertiary/aromatic N) is 6. The van der Waals surface area contributed by atoms with E-state index in [0.717, 1.165) is 78.5 Å². The zero-order chi connectivity index (χ0) is 35.1. The summed E-state index contributed by atoms with van der Waals surface area (Å²) in [4.78, 5) is 4.58. The minimum absolute atomic E-state index is 0.896. The molecule has 4 aromatic heterocycles. The van der Waals surface area contributed by atoms with E-state index in [1.165, 1.54) is 5.39 Å². The molecule has 4 heterocycles. The lowest BCUT2D eigenvalue weighted by Gasteiger charge is -2.16. The number of aromatic nitrogens is 6. The third-order valence-electron chi connectivity index (χ3n) is 9.81. The molecule has 0 aliphatic rings. The zero-order valence-electron chi connectivity index (χ0n) is 28.7. The van der Waals surface area contributed by atoms with Crippen LogP contribution in [0.5, 0.6) is 0 Å². The van der Waals surface area contributed by atoms with Crippen LogP contribution < -0.4 is 0 Å². The van der Waals surface area contributed by atoms with Crippen LogP contribution in [0.1, 0.15) is 0 Å². The molecule has 0 saturated carbocycles. The first-order valence-electron chi connectivity index (χ1n) is 17.7. The Bertz CT molecular complexity index is 2680. The molecule has 0 amide bonds. The molecule has 0 spiro atoms. The third kappa shape index (κ3) is 5.41. The van der Waals surface area contributed by atoms with Crippen LogP contribution in [-0.2, 0) is 0 Å². The van der Waals surface area contributed by atoms with E-state index in [0.29, 0.717) is 0 Å². The van der Waals surface area contributed by atoms with Crippen molar-refractivity contribution in [2.24, 2.45) is 0 Å². The molecule has 10 rings (SSSR count). The van der Waals surface area contributed by atoms with E-state index in [9.17, 15) is 0 Å². The average Bonchev–Trinajstić information content (AvgIpc) is 3.97. The maximum atomic E-state index is 5.31. The number of hydrogen-bond donors (Lipinski definition) is 0. The van der Waals surface area contributed by atoms with E-state index >= 15 is 0 Å². The molecule has 6 heteroatoms. The van der Waals surface area contributed by atoms with E-state index in [2.05, 4.69) is 177 Å². The van der Waals surface area contributed by atoms with E-state index in [-0.39, 0.29) is 0 Å². The minimum Gasteiger partial charge on any atom is -0.308 e. The fraction of sp³-hybridized carbons (Fsp3) is 0. The molecule has 6 aromatic carbocycles. The van der Waals surface area contributed by atoms with Crippen LogP contribution in [0.15, 0.2) is 194 Å². The first kappa shape index (κ1) is 30.5. The Labute approximate surface area is 306 Å². The molecule has 0 bridgehead atoms. The molecule has 0 aliphatic carbocycles. The maximum Gasteiger partial charge on any atom is 0.0934 e. The van der Waals surface area contributed by atoms with Gasteiger partial charge in [-0.2, -0.15) is 10.2 Å². The van der Waals surface area contributed by atoms with Crippen LogP contribution in [0.4, 0.5) is 0 Å². The molecule has 6 nitrogen and oxygen atoms in total. The Kier molecular flexibility index (Phi) is 7.36. The number of rotatable bonds is 7. The topological polar surface area (TPSA) is 53.5 Å². The highest BCUT2D eigenvalue weighted by molar-refractivity contribution is 6.09. The lowest BCUT2D eigenvalue weighted by molar-refractivity contribution is 0.864. The fourth-order valence-electron chi connectivity index (χ4n) is 7.33. The highest BCUT2D eigenvalue weighted by atomic mass is 15.3. The van der Waals surface area contributed by atoms with E-state index in [1.54, 1.807) is 0 Å². The second kappa shape index (κ2) is 12.8. The highest BCUT2D eigenvalue weighted by Crippen LogP contribution is 2.36. The highest BCUT2D eigenvalue weighted by Gasteiger charge is 2.20. The van der Waals surface area contributed by atoms with Gasteiger partial charge in [-0.1, -0.05) is 140 Å². The summed E-state index contributed by atoms with van der Waals surface area (Å²) in [5, 5.41) is 12.9. The van der Waals surface area contributed by atoms with E-state index in [4.69, 9.17) is 10.2 Å². The summed E-state index contributed by atoms with van der Waals surface area (Å²) in [5.41, 5.74) is 12.9. The normalized spacial score (nSPS) is 11.4. The minimum atomic E-state index is 0.896. The molecule has 10 aromatic rings. The summed E-state index contributed by atoms with van der Waals surface area (Å²) in [6.07, 6.45) is 3.82. The van der Waals surface area contributed by atoms with Crippen molar-refractivity contribution in [1.29, 1.82) is 0 Å². The van der Waals surface area contributed by atoms with Crippen LogP contribution in [-0.4, -0.2) is 29.1 Å². The summed E-state index contributed by atoms with van der Waals surface area (Å²) in [6.45, 7) is 0. The van der Waals surface area contributed by atoms with Gasteiger partial charge < -0.3 is 4.57 Å². The molecule has 0 saturated heterocycles. The molecule has 0 aliphatic heterocycles. The number of pyridine rings is 1. The van der Waals surface area contributed by atoms with Crippen molar-refractivity contribution in [3.63, 3.8) is 0 Å². The second-order valence-electron chi connectivity index (χ2n) is 13.1. The largest absolute Gasteiger partial charge is 0.308 e. The van der Waals surface area contributed by atoms with Gasteiger partial charge in [0.1, 0.15) is 0 Å². The molecule has 53 heavy (non-hydrogen) atoms. The van der Waals surface area contributed by atoms with E-state index < -0.39 is 0 Å². The van der Waals surface area contributed by atoms with Gasteiger partial charge in [0.05, 0.1) is 57.1 Å². The van der Waals surface area contributed by atoms with Gasteiger partial charge in [-0.25, -0.2) is 9.36 Å². The first-order valence-corrected chi connectivity index (χ1v) is 17.7. The Morgan fingerprint density at radius 1 is 0.358 bits per heavy atom. The smallest absolute Gasteiger partial charge is 0.0934 e. The van der Waals surface area contributed by atoms with Gasteiger partial charge in [0.25, 0.3) is 0 Å². The van der Waals surface area contributed by atoms with Crippen LogP contribution in [0.25, 0.3) is 83.9 Å².